The predicted molar refractivity (Wildman–Crippen MR) is 60.8 cm³/mol. The maximum Gasteiger partial charge on any atom is 0.126 e. The highest BCUT2D eigenvalue weighted by Crippen LogP contribution is 2.19. The number of rotatable bonds is 6. The van der Waals surface area contributed by atoms with Gasteiger partial charge in [-0.1, -0.05) is 32.3 Å². The first-order valence-electron chi connectivity index (χ1n) is 5.63. The van der Waals surface area contributed by atoms with Crippen molar-refractivity contribution in [2.75, 3.05) is 6.61 Å². The number of ether oxygens (including phenoxy) is 1. The zero-order valence-corrected chi connectivity index (χ0v) is 9.55. The van der Waals surface area contributed by atoms with Gasteiger partial charge in [-0.25, -0.2) is 4.39 Å². The maximum absolute atomic E-state index is 12.9. The van der Waals surface area contributed by atoms with Crippen molar-refractivity contribution >= 4 is 0 Å². The smallest absolute Gasteiger partial charge is 0.126 e. The summed E-state index contributed by atoms with van der Waals surface area (Å²) in [5, 5.41) is 0. The molecular formula is C13H19FO. The minimum Gasteiger partial charge on any atom is -0.493 e. The summed E-state index contributed by atoms with van der Waals surface area (Å²) in [6, 6.07) is 4.66. The highest BCUT2D eigenvalue weighted by atomic mass is 19.1. The molecule has 0 bridgehead atoms. The lowest BCUT2D eigenvalue weighted by atomic mass is 10.2. The number of unbranched alkanes of at least 4 members (excludes halogenated alkanes) is 3. The van der Waals surface area contributed by atoms with Gasteiger partial charge in [0.1, 0.15) is 11.6 Å². The molecule has 1 nitrogen and oxygen atoms in total. The van der Waals surface area contributed by atoms with Crippen LogP contribution in [0.4, 0.5) is 4.39 Å². The molecule has 0 aliphatic heterocycles. The molecule has 0 heterocycles. The van der Waals surface area contributed by atoms with E-state index in [1.165, 1.54) is 31.4 Å². The molecule has 1 aromatic carbocycles. The first-order valence-corrected chi connectivity index (χ1v) is 5.63. The van der Waals surface area contributed by atoms with Crippen molar-refractivity contribution in [3.63, 3.8) is 0 Å². The molecule has 0 aliphatic carbocycles. The normalized spacial score (nSPS) is 10.3. The zero-order valence-electron chi connectivity index (χ0n) is 9.55. The van der Waals surface area contributed by atoms with E-state index in [0.717, 1.165) is 12.0 Å². The van der Waals surface area contributed by atoms with E-state index in [4.69, 9.17) is 4.74 Å². The molecule has 2 heteroatoms. The summed E-state index contributed by atoms with van der Waals surface area (Å²) in [6.07, 6.45) is 4.69. The molecule has 84 valence electrons. The van der Waals surface area contributed by atoms with Crippen LogP contribution in [0.25, 0.3) is 0 Å². The molecule has 0 radical (unpaired) electrons. The van der Waals surface area contributed by atoms with Gasteiger partial charge in [0.05, 0.1) is 6.61 Å². The number of hydrogen-bond donors (Lipinski definition) is 0. The average molecular weight is 210 g/mol. The first-order chi connectivity index (χ1) is 7.24. The van der Waals surface area contributed by atoms with Gasteiger partial charge in [-0.05, 0) is 25.0 Å². The van der Waals surface area contributed by atoms with Crippen molar-refractivity contribution in [1.29, 1.82) is 0 Å². The zero-order chi connectivity index (χ0) is 11.1. The van der Waals surface area contributed by atoms with Gasteiger partial charge in [0.25, 0.3) is 0 Å². The molecule has 0 saturated carbocycles. The number of aryl methyl sites for hydroxylation is 1. The van der Waals surface area contributed by atoms with Crippen LogP contribution in [-0.2, 0) is 0 Å². The minimum atomic E-state index is -0.232. The Hall–Kier alpha value is -1.05. The molecule has 1 aromatic rings. The highest BCUT2D eigenvalue weighted by Gasteiger charge is 2.00. The quantitative estimate of drug-likeness (QED) is 0.642. The lowest BCUT2D eigenvalue weighted by Crippen LogP contribution is -1.99. The first kappa shape index (κ1) is 12.0. The van der Waals surface area contributed by atoms with Crippen molar-refractivity contribution in [1.82, 2.24) is 0 Å². The van der Waals surface area contributed by atoms with E-state index in [2.05, 4.69) is 6.92 Å². The molecule has 0 unspecified atom stereocenters. The summed E-state index contributed by atoms with van der Waals surface area (Å²) < 4.78 is 18.4. The minimum absolute atomic E-state index is 0.232. The van der Waals surface area contributed by atoms with Crippen molar-refractivity contribution < 1.29 is 9.13 Å². The van der Waals surface area contributed by atoms with Crippen LogP contribution in [0.2, 0.25) is 0 Å². The fraction of sp³-hybridized carbons (Fsp3) is 0.538. The summed E-state index contributed by atoms with van der Waals surface area (Å²) >= 11 is 0. The summed E-state index contributed by atoms with van der Waals surface area (Å²) in [4.78, 5) is 0. The van der Waals surface area contributed by atoms with Crippen LogP contribution >= 0.6 is 0 Å². The van der Waals surface area contributed by atoms with Gasteiger partial charge in [0.15, 0.2) is 0 Å². The molecule has 0 amide bonds. The van der Waals surface area contributed by atoms with Gasteiger partial charge in [-0.15, -0.1) is 0 Å². The molecule has 0 saturated heterocycles. The number of benzene rings is 1. The summed E-state index contributed by atoms with van der Waals surface area (Å²) in [5.74, 6) is 0.440. The van der Waals surface area contributed by atoms with Crippen molar-refractivity contribution in [2.24, 2.45) is 0 Å². The van der Waals surface area contributed by atoms with Crippen molar-refractivity contribution in [3.05, 3.63) is 29.6 Å². The van der Waals surface area contributed by atoms with Crippen LogP contribution in [0, 0.1) is 12.7 Å². The highest BCUT2D eigenvalue weighted by molar-refractivity contribution is 5.32. The topological polar surface area (TPSA) is 9.23 Å². The number of halogens is 1. The van der Waals surface area contributed by atoms with Crippen LogP contribution in [0.1, 0.15) is 38.2 Å². The summed E-state index contributed by atoms with van der Waals surface area (Å²) in [6.45, 7) is 4.79. The van der Waals surface area contributed by atoms with Gasteiger partial charge in [0, 0.05) is 6.07 Å². The molecule has 0 fully saturated rings. The SMILES string of the molecule is CCCCCCOc1cc(F)ccc1C. The lowest BCUT2D eigenvalue weighted by Gasteiger charge is -2.08. The van der Waals surface area contributed by atoms with Crippen LogP contribution in [-0.4, -0.2) is 6.61 Å². The maximum atomic E-state index is 12.9. The van der Waals surface area contributed by atoms with Gasteiger partial charge < -0.3 is 4.74 Å². The molecule has 0 N–H and O–H groups in total. The van der Waals surface area contributed by atoms with Crippen LogP contribution in [0.15, 0.2) is 18.2 Å². The predicted octanol–water partition coefficient (Wildman–Crippen LogP) is 4.09. The number of hydrogen-bond acceptors (Lipinski definition) is 1. The Morgan fingerprint density at radius 2 is 2.00 bits per heavy atom. The average Bonchev–Trinajstić information content (AvgIpc) is 2.23. The van der Waals surface area contributed by atoms with E-state index in [0.29, 0.717) is 12.4 Å². The Bertz CT molecular complexity index is 297. The fourth-order valence-electron chi connectivity index (χ4n) is 1.44. The standard InChI is InChI=1S/C13H19FO/c1-3-4-5-6-9-15-13-10-12(14)8-7-11(13)2/h7-8,10H,3-6,9H2,1-2H3. The monoisotopic (exact) mass is 210 g/mol. The van der Waals surface area contributed by atoms with Gasteiger partial charge in [-0.3, -0.25) is 0 Å². The van der Waals surface area contributed by atoms with Crippen LogP contribution in [0.5, 0.6) is 5.75 Å². The summed E-state index contributed by atoms with van der Waals surface area (Å²) in [5.41, 5.74) is 0.992. The molecule has 1 rings (SSSR count). The third kappa shape index (κ3) is 4.32. The Balaban J connectivity index is 2.33. The summed E-state index contributed by atoms with van der Waals surface area (Å²) in [7, 11) is 0. The third-order valence-corrected chi connectivity index (χ3v) is 2.41. The second-order valence-corrected chi connectivity index (χ2v) is 3.82. The van der Waals surface area contributed by atoms with E-state index in [1.807, 2.05) is 6.92 Å². The molecule has 0 aromatic heterocycles. The molecule has 0 atom stereocenters. The molecule has 15 heavy (non-hydrogen) atoms. The third-order valence-electron chi connectivity index (χ3n) is 2.41. The van der Waals surface area contributed by atoms with E-state index in [-0.39, 0.29) is 5.82 Å². The largest absolute Gasteiger partial charge is 0.493 e. The molecular weight excluding hydrogens is 191 g/mol. The lowest BCUT2D eigenvalue weighted by molar-refractivity contribution is 0.301. The van der Waals surface area contributed by atoms with Crippen LogP contribution < -0.4 is 4.74 Å². The van der Waals surface area contributed by atoms with E-state index >= 15 is 0 Å². The molecule has 0 spiro atoms. The van der Waals surface area contributed by atoms with Crippen LogP contribution in [0.3, 0.4) is 0 Å². The second kappa shape index (κ2) is 6.44. The Morgan fingerprint density at radius 3 is 2.73 bits per heavy atom. The van der Waals surface area contributed by atoms with E-state index < -0.39 is 0 Å². The van der Waals surface area contributed by atoms with E-state index in [9.17, 15) is 4.39 Å². The Labute approximate surface area is 91.3 Å². The Kier molecular flexibility index (Phi) is 5.16. The Morgan fingerprint density at radius 1 is 1.20 bits per heavy atom. The van der Waals surface area contributed by atoms with Gasteiger partial charge >= 0.3 is 0 Å². The van der Waals surface area contributed by atoms with Crippen molar-refractivity contribution in [3.8, 4) is 5.75 Å². The van der Waals surface area contributed by atoms with Gasteiger partial charge in [-0.2, -0.15) is 0 Å². The van der Waals surface area contributed by atoms with Gasteiger partial charge in [0.2, 0.25) is 0 Å². The fourth-order valence-corrected chi connectivity index (χ4v) is 1.44. The molecule has 0 aliphatic rings. The second-order valence-electron chi connectivity index (χ2n) is 3.82. The van der Waals surface area contributed by atoms with E-state index in [1.54, 1.807) is 6.07 Å². The van der Waals surface area contributed by atoms with Crippen molar-refractivity contribution in [2.45, 2.75) is 39.5 Å².